The molecular formula is C20H22N4O. The van der Waals surface area contributed by atoms with E-state index in [4.69, 9.17) is 6.57 Å². The first-order valence-electron chi connectivity index (χ1n) is 8.14. The van der Waals surface area contributed by atoms with Crippen molar-refractivity contribution in [2.24, 2.45) is 0 Å². The average Bonchev–Trinajstić information content (AvgIpc) is 2.90. The summed E-state index contributed by atoms with van der Waals surface area (Å²) in [5.41, 5.74) is 3.03. The average molecular weight is 334 g/mol. The van der Waals surface area contributed by atoms with Crippen LogP contribution in [0.4, 0.5) is 0 Å². The molecule has 0 spiro atoms. The molecule has 128 valence electrons. The van der Waals surface area contributed by atoms with Gasteiger partial charge in [-0.05, 0) is 30.4 Å². The van der Waals surface area contributed by atoms with Crippen LogP contribution in [0.15, 0.2) is 24.3 Å². The van der Waals surface area contributed by atoms with Crippen molar-refractivity contribution in [3.8, 4) is 6.07 Å². The molecule has 0 bridgehead atoms. The number of aromatic nitrogens is 2. The minimum atomic E-state index is -0.211. The maximum absolute atomic E-state index is 10.8. The molecule has 2 aromatic rings. The Hall–Kier alpha value is -3.05. The second-order valence-electron chi connectivity index (χ2n) is 6.87. The van der Waals surface area contributed by atoms with Crippen LogP contribution in [0.5, 0.6) is 0 Å². The summed E-state index contributed by atoms with van der Waals surface area (Å²) in [5.74, 6) is -0.211. The lowest BCUT2D eigenvalue weighted by Crippen LogP contribution is -2.10. The maximum Gasteiger partial charge on any atom is 0.237 e. The van der Waals surface area contributed by atoms with Gasteiger partial charge < -0.3 is 5.11 Å². The lowest BCUT2D eigenvalue weighted by molar-refractivity contribution is 0.497. The standard InChI is InChI=1S/C20H22N4O/c1-7-24-18(16(12-21)13(2)23-24)19(25)17(22-6)14-8-10-15(11-9-14)20(3,4)5/h8-11,25H,7H2,1-5H3. The van der Waals surface area contributed by atoms with Gasteiger partial charge in [0.1, 0.15) is 23.1 Å². The van der Waals surface area contributed by atoms with E-state index in [1.807, 2.05) is 31.2 Å². The summed E-state index contributed by atoms with van der Waals surface area (Å²) in [6.45, 7) is 18.0. The Morgan fingerprint density at radius 2 is 1.92 bits per heavy atom. The number of nitriles is 1. The zero-order chi connectivity index (χ0) is 18.8. The van der Waals surface area contributed by atoms with E-state index in [0.717, 1.165) is 5.56 Å². The Bertz CT molecular complexity index is 897. The number of benzene rings is 1. The first-order valence-corrected chi connectivity index (χ1v) is 8.14. The lowest BCUT2D eigenvalue weighted by Gasteiger charge is -2.19. The summed E-state index contributed by atoms with van der Waals surface area (Å²) in [6.07, 6.45) is 0. The predicted molar refractivity (Wildman–Crippen MR) is 98.5 cm³/mol. The Labute approximate surface area is 148 Å². The molecule has 0 saturated heterocycles. The Morgan fingerprint density at radius 1 is 1.32 bits per heavy atom. The smallest absolute Gasteiger partial charge is 0.237 e. The number of aliphatic hydroxyl groups is 1. The van der Waals surface area contributed by atoms with Crippen LogP contribution < -0.4 is 0 Å². The van der Waals surface area contributed by atoms with E-state index >= 15 is 0 Å². The molecule has 0 aliphatic rings. The largest absolute Gasteiger partial charge is 0.517 e. The molecule has 2 rings (SSSR count). The molecule has 1 heterocycles. The summed E-state index contributed by atoms with van der Waals surface area (Å²) in [7, 11) is 0. The van der Waals surface area contributed by atoms with E-state index in [-0.39, 0.29) is 16.9 Å². The SMILES string of the molecule is [C-]#[N+]C(=C(O)c1c(C#N)c(C)nn1CC)c1ccc(C(C)(C)C)cc1. The highest BCUT2D eigenvalue weighted by atomic mass is 16.3. The maximum atomic E-state index is 10.8. The van der Waals surface area contributed by atoms with Crippen molar-refractivity contribution in [2.45, 2.75) is 46.6 Å². The second-order valence-corrected chi connectivity index (χ2v) is 6.87. The van der Waals surface area contributed by atoms with Gasteiger partial charge >= 0.3 is 0 Å². The number of rotatable bonds is 3. The topological polar surface area (TPSA) is 66.2 Å². The third-order valence-corrected chi connectivity index (χ3v) is 4.12. The van der Waals surface area contributed by atoms with E-state index < -0.39 is 0 Å². The van der Waals surface area contributed by atoms with Crippen LogP contribution in [0, 0.1) is 24.8 Å². The van der Waals surface area contributed by atoms with E-state index in [1.54, 1.807) is 11.6 Å². The summed E-state index contributed by atoms with van der Waals surface area (Å²) in [4.78, 5) is 3.52. The lowest BCUT2D eigenvalue weighted by atomic mass is 9.86. The Balaban J connectivity index is 2.64. The Morgan fingerprint density at radius 3 is 2.36 bits per heavy atom. The number of nitrogens with zero attached hydrogens (tertiary/aromatic N) is 4. The molecule has 25 heavy (non-hydrogen) atoms. The Kier molecular flexibility index (Phi) is 4.99. The molecule has 0 aliphatic carbocycles. The molecule has 0 atom stereocenters. The molecule has 1 N–H and O–H groups in total. The minimum absolute atomic E-state index is 0.00841. The number of hydrogen-bond donors (Lipinski definition) is 1. The van der Waals surface area contributed by atoms with Crippen molar-refractivity contribution >= 4 is 11.5 Å². The van der Waals surface area contributed by atoms with Crippen molar-refractivity contribution in [1.82, 2.24) is 9.78 Å². The van der Waals surface area contributed by atoms with Crippen LogP contribution >= 0.6 is 0 Å². The fourth-order valence-corrected chi connectivity index (χ4v) is 2.68. The monoisotopic (exact) mass is 334 g/mol. The highest BCUT2D eigenvalue weighted by molar-refractivity contribution is 5.90. The summed E-state index contributed by atoms with van der Waals surface area (Å²) >= 11 is 0. The van der Waals surface area contributed by atoms with Gasteiger partial charge in [0.05, 0.1) is 12.3 Å². The van der Waals surface area contributed by atoms with Crippen LogP contribution in [-0.4, -0.2) is 14.9 Å². The molecule has 1 aromatic carbocycles. The predicted octanol–water partition coefficient (Wildman–Crippen LogP) is 4.68. The molecule has 0 radical (unpaired) electrons. The minimum Gasteiger partial charge on any atom is -0.517 e. The van der Waals surface area contributed by atoms with Gasteiger partial charge in [0.25, 0.3) is 0 Å². The van der Waals surface area contributed by atoms with Crippen molar-refractivity contribution in [3.05, 3.63) is 63.8 Å². The molecule has 5 nitrogen and oxygen atoms in total. The fourth-order valence-electron chi connectivity index (χ4n) is 2.68. The normalized spacial score (nSPS) is 12.3. The van der Waals surface area contributed by atoms with Gasteiger partial charge in [-0.15, -0.1) is 0 Å². The zero-order valence-corrected chi connectivity index (χ0v) is 15.3. The quantitative estimate of drug-likeness (QED) is 0.654. The molecule has 0 unspecified atom stereocenters. The van der Waals surface area contributed by atoms with Crippen LogP contribution in [0.1, 0.15) is 55.8 Å². The van der Waals surface area contributed by atoms with Gasteiger partial charge in [0.2, 0.25) is 5.70 Å². The second kappa shape index (κ2) is 6.83. The van der Waals surface area contributed by atoms with Gasteiger partial charge in [0.15, 0.2) is 0 Å². The van der Waals surface area contributed by atoms with Crippen LogP contribution in [-0.2, 0) is 12.0 Å². The third kappa shape index (κ3) is 3.41. The summed E-state index contributed by atoms with van der Waals surface area (Å²) < 4.78 is 1.55. The van der Waals surface area contributed by atoms with E-state index in [9.17, 15) is 10.4 Å². The van der Waals surface area contributed by atoms with Crippen molar-refractivity contribution in [1.29, 1.82) is 5.26 Å². The fraction of sp³-hybridized carbons (Fsp3) is 0.350. The van der Waals surface area contributed by atoms with Gasteiger partial charge in [-0.3, -0.25) is 4.68 Å². The molecular weight excluding hydrogens is 312 g/mol. The highest BCUT2D eigenvalue weighted by Gasteiger charge is 2.22. The molecule has 1 aromatic heterocycles. The molecule has 0 aliphatic heterocycles. The van der Waals surface area contributed by atoms with Crippen LogP contribution in [0.25, 0.3) is 16.3 Å². The van der Waals surface area contributed by atoms with E-state index in [0.29, 0.717) is 29.1 Å². The highest BCUT2D eigenvalue weighted by Crippen LogP contribution is 2.30. The first kappa shape index (κ1) is 18.3. The van der Waals surface area contributed by atoms with Crippen molar-refractivity contribution < 1.29 is 5.11 Å². The molecule has 0 saturated carbocycles. The molecule has 5 heteroatoms. The van der Waals surface area contributed by atoms with Gasteiger partial charge in [-0.25, -0.2) is 4.85 Å². The van der Waals surface area contributed by atoms with Crippen LogP contribution in [0.3, 0.4) is 0 Å². The zero-order valence-electron chi connectivity index (χ0n) is 15.3. The number of aryl methyl sites for hydroxylation is 2. The van der Waals surface area contributed by atoms with Gasteiger partial charge in [0, 0.05) is 6.54 Å². The van der Waals surface area contributed by atoms with Gasteiger partial charge in [-0.2, -0.15) is 10.4 Å². The van der Waals surface area contributed by atoms with E-state index in [1.165, 1.54) is 0 Å². The van der Waals surface area contributed by atoms with Crippen molar-refractivity contribution in [3.63, 3.8) is 0 Å². The number of aliphatic hydroxyl groups excluding tert-OH is 1. The van der Waals surface area contributed by atoms with Crippen LogP contribution in [0.2, 0.25) is 0 Å². The molecule has 0 amide bonds. The van der Waals surface area contributed by atoms with Gasteiger partial charge in [-0.1, -0.05) is 45.0 Å². The van der Waals surface area contributed by atoms with Crippen molar-refractivity contribution in [2.75, 3.05) is 0 Å². The summed E-state index contributed by atoms with van der Waals surface area (Å²) in [5, 5.41) is 24.4. The van der Waals surface area contributed by atoms with E-state index in [2.05, 4.69) is 36.8 Å². The summed E-state index contributed by atoms with van der Waals surface area (Å²) in [6, 6.07) is 9.66. The number of hydrogen-bond acceptors (Lipinski definition) is 3. The first-order chi connectivity index (χ1) is 11.7. The molecule has 0 fully saturated rings. The third-order valence-electron chi connectivity index (χ3n) is 4.12.